The molecule has 2 rings (SSSR count). The molecule has 0 bridgehead atoms. The predicted octanol–water partition coefficient (Wildman–Crippen LogP) is -1.29. The molecule has 11 heteroatoms. The van der Waals surface area contributed by atoms with Crippen LogP contribution in [-0.4, -0.2) is 76.0 Å². The number of likely N-dealkylation sites (tertiary alicyclic amines) is 1. The lowest BCUT2D eigenvalue weighted by atomic mass is 10.0. The molecule has 0 spiro atoms. The number of hydrogen-bond acceptors (Lipinski definition) is 6. The molecule has 1 aromatic carbocycles. The predicted molar refractivity (Wildman–Crippen MR) is 108 cm³/mol. The van der Waals surface area contributed by atoms with E-state index in [0.717, 1.165) is 5.56 Å². The first-order chi connectivity index (χ1) is 14.7. The van der Waals surface area contributed by atoms with Crippen LogP contribution < -0.4 is 16.4 Å². The molecular formula is C20H26N4O7. The average Bonchev–Trinajstić information content (AvgIpc) is 3.21. The Morgan fingerprint density at radius 2 is 1.77 bits per heavy atom. The fourth-order valence-corrected chi connectivity index (χ4v) is 3.39. The number of amides is 3. The number of nitrogens with zero attached hydrogens (tertiary/aromatic N) is 1. The van der Waals surface area contributed by atoms with E-state index in [1.165, 1.54) is 4.90 Å². The molecule has 1 aliphatic rings. The fraction of sp³-hybridized carbons (Fsp3) is 0.450. The van der Waals surface area contributed by atoms with Crippen LogP contribution in [0, 0.1) is 0 Å². The summed E-state index contributed by atoms with van der Waals surface area (Å²) < 4.78 is 0. The summed E-state index contributed by atoms with van der Waals surface area (Å²) in [6, 6.07) is 5.62. The average molecular weight is 434 g/mol. The number of carbonyl (C=O) groups excluding carboxylic acids is 3. The largest absolute Gasteiger partial charge is 0.481 e. The maximum Gasteiger partial charge on any atom is 0.322 e. The highest BCUT2D eigenvalue weighted by atomic mass is 16.4. The van der Waals surface area contributed by atoms with Crippen molar-refractivity contribution in [2.24, 2.45) is 5.73 Å². The molecule has 168 valence electrons. The minimum atomic E-state index is -1.34. The van der Waals surface area contributed by atoms with Crippen LogP contribution in [0.5, 0.6) is 0 Å². The molecule has 1 aromatic rings. The second-order valence-electron chi connectivity index (χ2n) is 7.26. The Morgan fingerprint density at radius 1 is 1.10 bits per heavy atom. The van der Waals surface area contributed by atoms with Crippen LogP contribution in [0.1, 0.15) is 24.8 Å². The first kappa shape index (κ1) is 23.8. The van der Waals surface area contributed by atoms with Crippen molar-refractivity contribution in [2.45, 2.75) is 43.8 Å². The normalized spacial score (nSPS) is 17.5. The summed E-state index contributed by atoms with van der Waals surface area (Å²) in [5.41, 5.74) is 6.37. The van der Waals surface area contributed by atoms with Crippen molar-refractivity contribution in [3.63, 3.8) is 0 Å². The third-order valence-electron chi connectivity index (χ3n) is 4.88. The minimum absolute atomic E-state index is 0.116. The van der Waals surface area contributed by atoms with Gasteiger partial charge in [-0.3, -0.25) is 24.0 Å². The van der Waals surface area contributed by atoms with E-state index in [1.807, 2.05) is 0 Å². The van der Waals surface area contributed by atoms with E-state index >= 15 is 0 Å². The van der Waals surface area contributed by atoms with Crippen LogP contribution >= 0.6 is 0 Å². The number of aliphatic carboxylic acids is 2. The summed E-state index contributed by atoms with van der Waals surface area (Å²) in [6.07, 6.45) is 0.427. The number of rotatable bonds is 10. The van der Waals surface area contributed by atoms with Crippen LogP contribution in [0.3, 0.4) is 0 Å². The summed E-state index contributed by atoms with van der Waals surface area (Å²) in [4.78, 5) is 60.8. The molecule has 3 atom stereocenters. The summed E-state index contributed by atoms with van der Waals surface area (Å²) >= 11 is 0. The number of nitrogens with two attached hydrogens (primary N) is 1. The van der Waals surface area contributed by atoms with Gasteiger partial charge in [0.2, 0.25) is 17.7 Å². The van der Waals surface area contributed by atoms with E-state index in [0.29, 0.717) is 12.8 Å². The van der Waals surface area contributed by atoms with Crippen molar-refractivity contribution in [1.82, 2.24) is 15.5 Å². The number of carboxylic acids is 2. The Morgan fingerprint density at radius 3 is 2.39 bits per heavy atom. The topological polar surface area (TPSA) is 179 Å². The maximum absolute atomic E-state index is 13.2. The fourth-order valence-electron chi connectivity index (χ4n) is 3.39. The summed E-state index contributed by atoms with van der Waals surface area (Å²) in [7, 11) is 0. The van der Waals surface area contributed by atoms with Gasteiger partial charge in [-0.15, -0.1) is 0 Å². The van der Waals surface area contributed by atoms with E-state index in [2.05, 4.69) is 10.6 Å². The number of carbonyl (C=O) groups is 5. The lowest BCUT2D eigenvalue weighted by Crippen LogP contribution is -2.56. The van der Waals surface area contributed by atoms with Gasteiger partial charge in [0.25, 0.3) is 0 Å². The Bertz CT molecular complexity index is 830. The van der Waals surface area contributed by atoms with Gasteiger partial charge < -0.3 is 31.5 Å². The summed E-state index contributed by atoms with van der Waals surface area (Å²) in [5, 5.41) is 22.4. The smallest absolute Gasteiger partial charge is 0.322 e. The molecule has 6 N–H and O–H groups in total. The van der Waals surface area contributed by atoms with E-state index < -0.39 is 60.8 Å². The SMILES string of the molecule is NC(CC(=O)O)C(=O)NC(Cc1ccccc1)C(=O)N1CCCC1C(=O)NCC(=O)O. The first-order valence-corrected chi connectivity index (χ1v) is 9.80. The van der Waals surface area contributed by atoms with Crippen molar-refractivity contribution in [2.75, 3.05) is 13.1 Å². The van der Waals surface area contributed by atoms with Crippen molar-refractivity contribution in [3.05, 3.63) is 35.9 Å². The minimum Gasteiger partial charge on any atom is -0.481 e. The third kappa shape index (κ3) is 7.07. The Kier molecular flexibility index (Phi) is 8.50. The van der Waals surface area contributed by atoms with Gasteiger partial charge in [0.15, 0.2) is 0 Å². The molecule has 0 radical (unpaired) electrons. The monoisotopic (exact) mass is 434 g/mol. The van der Waals surface area contributed by atoms with Gasteiger partial charge in [0.1, 0.15) is 18.6 Å². The number of nitrogens with one attached hydrogen (secondary N) is 2. The highest BCUT2D eigenvalue weighted by Gasteiger charge is 2.38. The molecule has 0 aromatic heterocycles. The molecule has 1 aliphatic heterocycles. The molecular weight excluding hydrogens is 408 g/mol. The van der Waals surface area contributed by atoms with Gasteiger partial charge >= 0.3 is 11.9 Å². The standard InChI is InChI=1S/C20H26N4O7/c21-13(10-16(25)26)18(29)23-14(9-12-5-2-1-3-6-12)20(31)24-8-4-7-15(24)19(30)22-11-17(27)28/h1-3,5-6,13-15H,4,7-11,21H2,(H,22,30)(H,23,29)(H,25,26)(H,27,28). The second kappa shape index (κ2) is 11.1. The van der Waals surface area contributed by atoms with Gasteiger partial charge in [-0.2, -0.15) is 0 Å². The first-order valence-electron chi connectivity index (χ1n) is 9.80. The van der Waals surface area contributed by atoms with Gasteiger partial charge in [0, 0.05) is 13.0 Å². The van der Waals surface area contributed by atoms with Gasteiger partial charge in [-0.25, -0.2) is 0 Å². The quantitative estimate of drug-likeness (QED) is 0.302. The van der Waals surface area contributed by atoms with Gasteiger partial charge in [-0.05, 0) is 18.4 Å². The van der Waals surface area contributed by atoms with E-state index in [-0.39, 0.29) is 13.0 Å². The van der Waals surface area contributed by atoms with Crippen LogP contribution in [0.15, 0.2) is 30.3 Å². The molecule has 11 nitrogen and oxygen atoms in total. The zero-order chi connectivity index (χ0) is 23.0. The van der Waals surface area contributed by atoms with Crippen LogP contribution in [-0.2, 0) is 30.4 Å². The van der Waals surface area contributed by atoms with Crippen LogP contribution in [0.25, 0.3) is 0 Å². The molecule has 1 fully saturated rings. The van der Waals surface area contributed by atoms with Gasteiger partial charge in [-0.1, -0.05) is 30.3 Å². The number of hydrogen-bond donors (Lipinski definition) is 5. The molecule has 3 amide bonds. The molecule has 0 saturated carbocycles. The lowest BCUT2D eigenvalue weighted by Gasteiger charge is -2.29. The van der Waals surface area contributed by atoms with Crippen molar-refractivity contribution in [1.29, 1.82) is 0 Å². The van der Waals surface area contributed by atoms with Crippen LogP contribution in [0.4, 0.5) is 0 Å². The van der Waals surface area contributed by atoms with E-state index in [9.17, 15) is 24.0 Å². The molecule has 1 saturated heterocycles. The second-order valence-corrected chi connectivity index (χ2v) is 7.26. The van der Waals surface area contributed by atoms with Crippen molar-refractivity contribution < 1.29 is 34.2 Å². The summed E-state index contributed by atoms with van der Waals surface area (Å²) in [6.45, 7) is -0.294. The van der Waals surface area contributed by atoms with Gasteiger partial charge in [0.05, 0.1) is 12.5 Å². The number of carboxylic acid groups (broad SMARTS) is 2. The molecule has 1 heterocycles. The Balaban J connectivity index is 2.17. The Hall–Kier alpha value is -3.47. The zero-order valence-electron chi connectivity index (χ0n) is 16.8. The van der Waals surface area contributed by atoms with Crippen molar-refractivity contribution >= 4 is 29.7 Å². The Labute approximate surface area is 178 Å². The van der Waals surface area contributed by atoms with E-state index in [4.69, 9.17) is 15.9 Å². The van der Waals surface area contributed by atoms with Crippen LogP contribution in [0.2, 0.25) is 0 Å². The highest BCUT2D eigenvalue weighted by Crippen LogP contribution is 2.20. The number of benzene rings is 1. The zero-order valence-corrected chi connectivity index (χ0v) is 16.8. The maximum atomic E-state index is 13.2. The summed E-state index contributed by atoms with van der Waals surface area (Å²) in [5.74, 6) is -4.34. The highest BCUT2D eigenvalue weighted by molar-refractivity contribution is 5.94. The third-order valence-corrected chi connectivity index (χ3v) is 4.88. The molecule has 31 heavy (non-hydrogen) atoms. The molecule has 0 aliphatic carbocycles. The molecule has 3 unspecified atom stereocenters. The lowest BCUT2D eigenvalue weighted by molar-refractivity contribution is -0.143. The van der Waals surface area contributed by atoms with E-state index in [1.54, 1.807) is 30.3 Å². The van der Waals surface area contributed by atoms with Crippen molar-refractivity contribution in [3.8, 4) is 0 Å².